The van der Waals surface area contributed by atoms with Crippen LogP contribution in [0.5, 0.6) is 0 Å². The largest absolute Gasteiger partial charge is 0.289 e. The van der Waals surface area contributed by atoms with Gasteiger partial charge in [-0.25, -0.2) is 0 Å². The molecule has 0 heterocycles. The van der Waals surface area contributed by atoms with Gasteiger partial charge in [0.2, 0.25) is 5.78 Å². The van der Waals surface area contributed by atoms with Crippen LogP contribution in [0.15, 0.2) is 0 Å². The van der Waals surface area contributed by atoms with Gasteiger partial charge in [-0.05, 0) is 24.4 Å². The van der Waals surface area contributed by atoms with E-state index < -0.39 is 5.24 Å². The van der Waals surface area contributed by atoms with Crippen LogP contribution in [0.2, 0.25) is 0 Å². The van der Waals surface area contributed by atoms with Crippen molar-refractivity contribution in [1.29, 1.82) is 0 Å². The molecule has 0 aromatic carbocycles. The first kappa shape index (κ1) is 14.7. The highest BCUT2D eigenvalue weighted by molar-refractivity contribution is 6.81. The number of rotatable bonds is 2. The predicted octanol–water partition coefficient (Wildman–Crippen LogP) is 4.24. The molecule has 1 saturated carbocycles. The maximum Gasteiger partial charge on any atom is 0.288 e. The van der Waals surface area contributed by atoms with Crippen molar-refractivity contribution in [2.45, 2.75) is 70.6 Å². The van der Waals surface area contributed by atoms with Crippen LogP contribution in [0.3, 0.4) is 0 Å². The van der Waals surface area contributed by atoms with Crippen molar-refractivity contribution in [2.75, 3.05) is 0 Å². The molecule has 2 nitrogen and oxygen atoms in total. The number of carbonyl (C=O) groups excluding carboxylic acids is 2. The second-order valence-corrected chi connectivity index (χ2v) is 5.44. The molecule has 0 amide bonds. The highest BCUT2D eigenvalue weighted by Crippen LogP contribution is 2.22. The monoisotopic (exact) mass is 258 g/mol. The Morgan fingerprint density at radius 3 is 1.41 bits per heavy atom. The molecule has 1 aliphatic carbocycles. The maximum absolute atomic E-state index is 11.6. The highest BCUT2D eigenvalue weighted by Gasteiger charge is 2.22. The summed E-state index contributed by atoms with van der Waals surface area (Å²) < 4.78 is 0. The number of halogens is 1. The average Bonchev–Trinajstić information content (AvgIpc) is 2.29. The SMILES string of the molecule is O=C(Cl)C(=O)C1CCCCCCCCCCC1. The standard InChI is InChI=1S/C14H23ClO2/c15-14(17)13(16)12-10-8-6-4-2-1-3-5-7-9-11-12/h12H,1-11H2. The summed E-state index contributed by atoms with van der Waals surface area (Å²) in [5.41, 5.74) is 0. The van der Waals surface area contributed by atoms with Crippen molar-refractivity contribution in [3.05, 3.63) is 0 Å². The minimum atomic E-state index is -0.776. The zero-order valence-corrected chi connectivity index (χ0v) is 11.3. The second-order valence-electron chi connectivity index (χ2n) is 5.09. The van der Waals surface area contributed by atoms with Crippen LogP contribution in [0.1, 0.15) is 70.6 Å². The molecule has 0 aromatic rings. The Hall–Kier alpha value is -0.370. The Bertz CT molecular complexity index is 239. The van der Waals surface area contributed by atoms with E-state index in [1.165, 1.54) is 44.9 Å². The lowest BCUT2D eigenvalue weighted by Gasteiger charge is -2.14. The van der Waals surface area contributed by atoms with Crippen molar-refractivity contribution in [1.82, 2.24) is 0 Å². The number of Topliss-reactive ketones (excluding diaryl/α,β-unsaturated/α-hetero) is 1. The quantitative estimate of drug-likeness (QED) is 0.548. The summed E-state index contributed by atoms with van der Waals surface area (Å²) in [7, 11) is 0. The molecule has 0 bridgehead atoms. The van der Waals surface area contributed by atoms with E-state index in [1.54, 1.807) is 0 Å². The molecule has 1 rings (SSSR count). The van der Waals surface area contributed by atoms with Crippen LogP contribution in [-0.4, -0.2) is 11.0 Å². The van der Waals surface area contributed by atoms with Crippen molar-refractivity contribution in [3.8, 4) is 0 Å². The van der Waals surface area contributed by atoms with E-state index in [2.05, 4.69) is 0 Å². The first-order valence-corrected chi connectivity index (χ1v) is 7.33. The Kier molecular flexibility index (Phi) is 7.50. The van der Waals surface area contributed by atoms with Gasteiger partial charge >= 0.3 is 0 Å². The predicted molar refractivity (Wildman–Crippen MR) is 70.1 cm³/mol. The molecule has 0 radical (unpaired) electrons. The van der Waals surface area contributed by atoms with Gasteiger partial charge in [-0.3, -0.25) is 9.59 Å². The van der Waals surface area contributed by atoms with Crippen LogP contribution in [0, 0.1) is 5.92 Å². The van der Waals surface area contributed by atoms with Crippen LogP contribution in [-0.2, 0) is 9.59 Å². The molecule has 0 atom stereocenters. The summed E-state index contributed by atoms with van der Waals surface area (Å²) >= 11 is 5.30. The summed E-state index contributed by atoms with van der Waals surface area (Å²) in [4.78, 5) is 22.6. The number of ketones is 1. The fourth-order valence-corrected chi connectivity index (χ4v) is 2.74. The van der Waals surface area contributed by atoms with E-state index in [0.29, 0.717) is 0 Å². The van der Waals surface area contributed by atoms with Gasteiger partial charge in [-0.1, -0.05) is 57.8 Å². The van der Waals surface area contributed by atoms with Gasteiger partial charge in [-0.15, -0.1) is 0 Å². The number of carbonyl (C=O) groups is 2. The van der Waals surface area contributed by atoms with Crippen LogP contribution < -0.4 is 0 Å². The van der Waals surface area contributed by atoms with E-state index >= 15 is 0 Å². The van der Waals surface area contributed by atoms with Crippen LogP contribution >= 0.6 is 11.6 Å². The molecule has 1 aliphatic rings. The summed E-state index contributed by atoms with van der Waals surface area (Å²) in [6.45, 7) is 0. The second kappa shape index (κ2) is 8.68. The van der Waals surface area contributed by atoms with Gasteiger partial charge in [0.05, 0.1) is 0 Å². The fraction of sp³-hybridized carbons (Fsp3) is 0.857. The third kappa shape index (κ3) is 6.21. The lowest BCUT2D eigenvalue weighted by Crippen LogP contribution is -2.20. The molecule has 3 heteroatoms. The zero-order valence-electron chi connectivity index (χ0n) is 10.5. The van der Waals surface area contributed by atoms with Crippen molar-refractivity contribution >= 4 is 22.6 Å². The molecule has 98 valence electrons. The summed E-state index contributed by atoms with van der Waals surface area (Å²) in [6.07, 6.45) is 12.7. The third-order valence-electron chi connectivity index (χ3n) is 3.67. The van der Waals surface area contributed by atoms with E-state index in [0.717, 1.165) is 25.7 Å². The molecule has 0 unspecified atom stereocenters. The van der Waals surface area contributed by atoms with Crippen molar-refractivity contribution in [2.24, 2.45) is 5.92 Å². The van der Waals surface area contributed by atoms with Crippen molar-refractivity contribution in [3.63, 3.8) is 0 Å². The minimum absolute atomic E-state index is 0.112. The molecule has 0 saturated heterocycles. The lowest BCUT2D eigenvalue weighted by molar-refractivity contribution is -0.135. The maximum atomic E-state index is 11.6. The lowest BCUT2D eigenvalue weighted by atomic mass is 9.90. The van der Waals surface area contributed by atoms with E-state index in [9.17, 15) is 9.59 Å². The van der Waals surface area contributed by atoms with Gasteiger partial charge in [-0.2, -0.15) is 0 Å². The summed E-state index contributed by atoms with van der Waals surface area (Å²) in [5, 5.41) is -0.776. The summed E-state index contributed by atoms with van der Waals surface area (Å²) in [5.74, 6) is -0.469. The zero-order chi connectivity index (χ0) is 12.5. The van der Waals surface area contributed by atoms with Gasteiger partial charge in [0.25, 0.3) is 5.24 Å². The molecule has 0 aliphatic heterocycles. The Balaban J connectivity index is 2.42. The summed E-state index contributed by atoms with van der Waals surface area (Å²) in [6, 6.07) is 0. The molecule has 0 N–H and O–H groups in total. The smallest absolute Gasteiger partial charge is 0.288 e. The topological polar surface area (TPSA) is 34.1 Å². The molecule has 1 fully saturated rings. The first-order valence-electron chi connectivity index (χ1n) is 6.95. The van der Waals surface area contributed by atoms with E-state index in [-0.39, 0.29) is 11.7 Å². The van der Waals surface area contributed by atoms with Crippen molar-refractivity contribution < 1.29 is 9.59 Å². The average molecular weight is 259 g/mol. The normalized spacial score (nSPS) is 21.2. The fourth-order valence-electron chi connectivity index (χ4n) is 2.59. The van der Waals surface area contributed by atoms with Crippen LogP contribution in [0.25, 0.3) is 0 Å². The van der Waals surface area contributed by atoms with E-state index in [1.807, 2.05) is 0 Å². The third-order valence-corrected chi connectivity index (χ3v) is 3.86. The molecule has 0 spiro atoms. The molecular formula is C14H23ClO2. The van der Waals surface area contributed by atoms with E-state index in [4.69, 9.17) is 11.6 Å². The Morgan fingerprint density at radius 1 is 0.706 bits per heavy atom. The highest BCUT2D eigenvalue weighted by atomic mass is 35.5. The van der Waals surface area contributed by atoms with Gasteiger partial charge in [0, 0.05) is 5.92 Å². The first-order chi connectivity index (χ1) is 8.22. The number of hydrogen-bond acceptors (Lipinski definition) is 2. The van der Waals surface area contributed by atoms with Crippen LogP contribution in [0.4, 0.5) is 0 Å². The molecule has 17 heavy (non-hydrogen) atoms. The van der Waals surface area contributed by atoms with Gasteiger partial charge < -0.3 is 0 Å². The van der Waals surface area contributed by atoms with Gasteiger partial charge in [0.1, 0.15) is 0 Å². The van der Waals surface area contributed by atoms with Gasteiger partial charge in [0.15, 0.2) is 0 Å². The molecular weight excluding hydrogens is 236 g/mol. The Labute approximate surface area is 109 Å². The molecule has 0 aromatic heterocycles. The number of hydrogen-bond donors (Lipinski definition) is 0. The Morgan fingerprint density at radius 2 is 1.06 bits per heavy atom. The minimum Gasteiger partial charge on any atom is -0.289 e.